The van der Waals surface area contributed by atoms with Crippen molar-refractivity contribution in [2.45, 2.75) is 6.92 Å². The van der Waals surface area contributed by atoms with Gasteiger partial charge in [0, 0.05) is 18.7 Å². The molecule has 3 heteroatoms. The average molecular weight is 151 g/mol. The largest absolute Gasteiger partial charge is 0.272 e. The van der Waals surface area contributed by atoms with Crippen LogP contribution in [0.3, 0.4) is 0 Å². The van der Waals surface area contributed by atoms with E-state index in [1.165, 1.54) is 17.1 Å². The molecule has 0 bridgehead atoms. The Morgan fingerprint density at radius 3 is 2.36 bits per heavy atom. The first-order chi connectivity index (χ1) is 5.25. The molecule has 0 radical (unpaired) electrons. The Morgan fingerprint density at radius 1 is 1.36 bits per heavy atom. The minimum atomic E-state index is -0.229. The lowest BCUT2D eigenvalue weighted by Crippen LogP contribution is -2.29. The molecule has 1 aliphatic rings. The number of imide groups is 1. The van der Waals surface area contributed by atoms with Crippen molar-refractivity contribution in [1.29, 1.82) is 0 Å². The SMILES string of the molecule is CC=CCN1C(=O)C=CC1=O. The molecule has 0 N–H and O–H groups in total. The first-order valence-corrected chi connectivity index (χ1v) is 3.40. The fraction of sp³-hybridized carbons (Fsp3) is 0.250. The van der Waals surface area contributed by atoms with Crippen LogP contribution in [-0.4, -0.2) is 23.3 Å². The fourth-order valence-corrected chi connectivity index (χ4v) is 0.822. The van der Waals surface area contributed by atoms with Gasteiger partial charge in [-0.15, -0.1) is 0 Å². The number of nitrogens with zero attached hydrogens (tertiary/aromatic N) is 1. The summed E-state index contributed by atoms with van der Waals surface area (Å²) in [5.74, 6) is -0.457. The van der Waals surface area contributed by atoms with Crippen molar-refractivity contribution >= 4 is 11.8 Å². The lowest BCUT2D eigenvalue weighted by atomic mass is 10.4. The molecule has 0 saturated carbocycles. The summed E-state index contributed by atoms with van der Waals surface area (Å²) >= 11 is 0. The highest BCUT2D eigenvalue weighted by atomic mass is 16.2. The third-order valence-corrected chi connectivity index (χ3v) is 1.42. The predicted molar refractivity (Wildman–Crippen MR) is 40.7 cm³/mol. The van der Waals surface area contributed by atoms with Crippen LogP contribution in [0, 0.1) is 0 Å². The van der Waals surface area contributed by atoms with Crippen LogP contribution in [0.25, 0.3) is 0 Å². The van der Waals surface area contributed by atoms with Crippen LogP contribution in [-0.2, 0) is 9.59 Å². The molecule has 3 nitrogen and oxygen atoms in total. The van der Waals surface area contributed by atoms with E-state index >= 15 is 0 Å². The van der Waals surface area contributed by atoms with Gasteiger partial charge in [0.2, 0.25) is 0 Å². The summed E-state index contributed by atoms with van der Waals surface area (Å²) in [5, 5.41) is 0. The molecule has 0 spiro atoms. The van der Waals surface area contributed by atoms with Gasteiger partial charge in [-0.3, -0.25) is 14.5 Å². The van der Waals surface area contributed by atoms with Gasteiger partial charge in [0.05, 0.1) is 0 Å². The number of hydrogen-bond acceptors (Lipinski definition) is 2. The van der Waals surface area contributed by atoms with Gasteiger partial charge in [-0.25, -0.2) is 0 Å². The van der Waals surface area contributed by atoms with Gasteiger partial charge < -0.3 is 0 Å². The molecule has 0 aromatic rings. The molecule has 1 heterocycles. The Labute approximate surface area is 65.0 Å². The summed E-state index contributed by atoms with van der Waals surface area (Å²) in [6.07, 6.45) is 6.14. The van der Waals surface area contributed by atoms with Crippen molar-refractivity contribution in [2.24, 2.45) is 0 Å². The minimum absolute atomic E-state index is 0.229. The van der Waals surface area contributed by atoms with Crippen LogP contribution < -0.4 is 0 Å². The first-order valence-electron chi connectivity index (χ1n) is 3.40. The van der Waals surface area contributed by atoms with Crippen LogP contribution in [0.5, 0.6) is 0 Å². The van der Waals surface area contributed by atoms with Crippen LogP contribution >= 0.6 is 0 Å². The smallest absolute Gasteiger partial charge is 0.253 e. The fourth-order valence-electron chi connectivity index (χ4n) is 0.822. The molecule has 1 rings (SSSR count). The van der Waals surface area contributed by atoms with Crippen molar-refractivity contribution in [1.82, 2.24) is 4.90 Å². The summed E-state index contributed by atoms with van der Waals surface area (Å²) in [6, 6.07) is 0. The molecule has 1 aliphatic heterocycles. The molecule has 0 aromatic carbocycles. The Balaban J connectivity index is 2.59. The quantitative estimate of drug-likeness (QED) is 0.425. The molecule has 0 aromatic heterocycles. The Kier molecular flexibility index (Phi) is 2.21. The second kappa shape index (κ2) is 3.14. The van der Waals surface area contributed by atoms with Crippen molar-refractivity contribution in [3.8, 4) is 0 Å². The van der Waals surface area contributed by atoms with Crippen molar-refractivity contribution < 1.29 is 9.59 Å². The standard InChI is InChI=1S/C8H9NO2/c1-2-3-6-9-7(10)4-5-8(9)11/h2-5H,6H2,1H3. The van der Waals surface area contributed by atoms with Crippen LogP contribution in [0.4, 0.5) is 0 Å². The highest BCUT2D eigenvalue weighted by Crippen LogP contribution is 2.02. The summed E-state index contributed by atoms with van der Waals surface area (Å²) in [4.78, 5) is 22.9. The summed E-state index contributed by atoms with van der Waals surface area (Å²) < 4.78 is 0. The second-order valence-corrected chi connectivity index (χ2v) is 2.19. The average Bonchev–Trinajstić information content (AvgIpc) is 2.29. The third-order valence-electron chi connectivity index (χ3n) is 1.42. The predicted octanol–water partition coefficient (Wildman–Crippen LogP) is 0.488. The van der Waals surface area contributed by atoms with E-state index in [1.807, 2.05) is 6.92 Å². The van der Waals surface area contributed by atoms with Gasteiger partial charge in [0.1, 0.15) is 0 Å². The molecule has 58 valence electrons. The zero-order valence-corrected chi connectivity index (χ0v) is 6.28. The molecule has 0 unspecified atom stereocenters. The van der Waals surface area contributed by atoms with Gasteiger partial charge in [0.15, 0.2) is 0 Å². The zero-order chi connectivity index (χ0) is 8.27. The lowest BCUT2D eigenvalue weighted by Gasteiger charge is -2.09. The van der Waals surface area contributed by atoms with Crippen molar-refractivity contribution in [3.63, 3.8) is 0 Å². The number of carbonyl (C=O) groups excluding carboxylic acids is 2. The normalized spacial score (nSPS) is 17.4. The van der Waals surface area contributed by atoms with Gasteiger partial charge in [-0.05, 0) is 6.92 Å². The maximum absolute atomic E-state index is 10.9. The minimum Gasteiger partial charge on any atom is -0.272 e. The highest BCUT2D eigenvalue weighted by molar-refractivity contribution is 6.12. The van der Waals surface area contributed by atoms with E-state index in [0.717, 1.165) is 0 Å². The first kappa shape index (κ1) is 7.72. The summed E-state index contributed by atoms with van der Waals surface area (Å²) in [5.41, 5.74) is 0. The van der Waals surface area contributed by atoms with E-state index in [2.05, 4.69) is 0 Å². The van der Waals surface area contributed by atoms with E-state index in [-0.39, 0.29) is 11.8 Å². The third kappa shape index (κ3) is 1.55. The molecule has 11 heavy (non-hydrogen) atoms. The zero-order valence-electron chi connectivity index (χ0n) is 6.28. The van der Waals surface area contributed by atoms with Crippen molar-refractivity contribution in [2.75, 3.05) is 6.54 Å². The Hall–Kier alpha value is -1.38. The number of amides is 2. The van der Waals surface area contributed by atoms with Crippen LogP contribution in [0.15, 0.2) is 24.3 Å². The molecule has 0 fully saturated rings. The van der Waals surface area contributed by atoms with Gasteiger partial charge in [0.25, 0.3) is 11.8 Å². The molecule has 2 amide bonds. The molecule has 0 atom stereocenters. The van der Waals surface area contributed by atoms with E-state index < -0.39 is 0 Å². The lowest BCUT2D eigenvalue weighted by molar-refractivity contribution is -0.136. The number of carbonyl (C=O) groups is 2. The summed E-state index contributed by atoms with van der Waals surface area (Å²) in [6.45, 7) is 2.22. The van der Waals surface area contributed by atoms with Crippen molar-refractivity contribution in [3.05, 3.63) is 24.3 Å². The van der Waals surface area contributed by atoms with Gasteiger partial charge in [-0.1, -0.05) is 12.2 Å². The molecular formula is C8H9NO2. The Morgan fingerprint density at radius 2 is 1.91 bits per heavy atom. The number of rotatable bonds is 2. The van der Waals surface area contributed by atoms with E-state index in [0.29, 0.717) is 6.54 Å². The van der Waals surface area contributed by atoms with E-state index in [1.54, 1.807) is 12.2 Å². The topological polar surface area (TPSA) is 37.4 Å². The van der Waals surface area contributed by atoms with Gasteiger partial charge in [-0.2, -0.15) is 0 Å². The molecular weight excluding hydrogens is 142 g/mol. The maximum atomic E-state index is 10.9. The monoisotopic (exact) mass is 151 g/mol. The maximum Gasteiger partial charge on any atom is 0.253 e. The summed E-state index contributed by atoms with van der Waals surface area (Å²) in [7, 11) is 0. The van der Waals surface area contributed by atoms with E-state index in [4.69, 9.17) is 0 Å². The van der Waals surface area contributed by atoms with Crippen LogP contribution in [0.1, 0.15) is 6.92 Å². The van der Waals surface area contributed by atoms with E-state index in [9.17, 15) is 9.59 Å². The number of allylic oxidation sites excluding steroid dienone is 1. The highest BCUT2D eigenvalue weighted by Gasteiger charge is 2.21. The van der Waals surface area contributed by atoms with Gasteiger partial charge >= 0.3 is 0 Å². The molecule has 0 aliphatic carbocycles. The Bertz CT molecular complexity index is 222. The number of hydrogen-bond donors (Lipinski definition) is 0. The second-order valence-electron chi connectivity index (χ2n) is 2.19. The molecule has 0 saturated heterocycles. The van der Waals surface area contributed by atoms with Crippen LogP contribution in [0.2, 0.25) is 0 Å².